The maximum Gasteiger partial charge on any atom is 0.413 e. The van der Waals surface area contributed by atoms with Crippen LogP contribution >= 0.6 is 0 Å². The van der Waals surface area contributed by atoms with Crippen molar-refractivity contribution in [2.24, 2.45) is 0 Å². The first kappa shape index (κ1) is 13.7. The van der Waals surface area contributed by atoms with E-state index in [1.807, 2.05) is 0 Å². The summed E-state index contributed by atoms with van der Waals surface area (Å²) >= 11 is 0. The largest absolute Gasteiger partial charge is 0.465 e. The van der Waals surface area contributed by atoms with Gasteiger partial charge in [0, 0.05) is 30.6 Å². The molecule has 0 aliphatic carbocycles. The second-order valence-electron chi connectivity index (χ2n) is 4.70. The monoisotopic (exact) mass is 296 g/mol. The third kappa shape index (κ3) is 2.39. The third-order valence-corrected chi connectivity index (χ3v) is 3.26. The minimum Gasteiger partial charge on any atom is -0.465 e. The number of H-pyrrole nitrogens is 1. The van der Waals surface area contributed by atoms with Crippen molar-refractivity contribution in [3.8, 4) is 0 Å². The van der Waals surface area contributed by atoms with E-state index in [1.165, 1.54) is 13.2 Å². The van der Waals surface area contributed by atoms with Crippen molar-refractivity contribution in [1.82, 2.24) is 15.0 Å². The number of carbonyl (C=O) groups excluding carboxylic acids is 1. The Kier molecular flexibility index (Phi) is 3.30. The Balaban J connectivity index is 2.00. The molecule has 110 valence electrons. The van der Waals surface area contributed by atoms with E-state index < -0.39 is 6.09 Å². The second kappa shape index (κ2) is 5.28. The van der Waals surface area contributed by atoms with Gasteiger partial charge in [0.1, 0.15) is 0 Å². The fraction of sp³-hybridized carbons (Fsp3) is 0.0667. The number of nitrogens with one attached hydrogen (secondary N) is 1. The topological polar surface area (TPSA) is 99.2 Å². The van der Waals surface area contributed by atoms with Crippen LogP contribution in [-0.4, -0.2) is 39.0 Å². The van der Waals surface area contributed by atoms with Gasteiger partial charge in [-0.05, 0) is 30.3 Å². The third-order valence-electron chi connectivity index (χ3n) is 3.26. The fourth-order valence-electron chi connectivity index (χ4n) is 2.05. The summed E-state index contributed by atoms with van der Waals surface area (Å²) in [6.45, 7) is 0. The molecule has 0 bridgehead atoms. The van der Waals surface area contributed by atoms with Crippen molar-refractivity contribution in [3.63, 3.8) is 0 Å². The lowest BCUT2D eigenvalue weighted by molar-refractivity contribution is 0.103. The molecule has 0 aliphatic rings. The molecule has 0 saturated heterocycles. The number of pyridine rings is 1. The number of aromatic nitrogens is 3. The van der Waals surface area contributed by atoms with Gasteiger partial charge in [0.15, 0.2) is 5.78 Å². The van der Waals surface area contributed by atoms with Crippen molar-refractivity contribution in [2.75, 3.05) is 11.9 Å². The molecular formula is C15H12N4O3. The number of fused-ring (bicyclic) bond motifs is 1. The van der Waals surface area contributed by atoms with E-state index in [1.54, 1.807) is 36.5 Å². The van der Waals surface area contributed by atoms with E-state index in [9.17, 15) is 9.59 Å². The van der Waals surface area contributed by atoms with E-state index in [2.05, 4.69) is 15.0 Å². The molecule has 0 unspecified atom stereocenters. The smallest absolute Gasteiger partial charge is 0.413 e. The lowest BCUT2D eigenvalue weighted by atomic mass is 10.0. The predicted molar refractivity (Wildman–Crippen MR) is 80.2 cm³/mol. The number of rotatable bonds is 3. The molecule has 2 N–H and O–H groups in total. The molecule has 0 atom stereocenters. The Labute approximate surface area is 125 Å². The van der Waals surface area contributed by atoms with Gasteiger partial charge in [-0.3, -0.25) is 14.7 Å². The molecule has 3 aromatic rings. The normalized spacial score (nSPS) is 10.6. The predicted octanol–water partition coefficient (Wildman–Crippen LogP) is 2.30. The number of ketones is 1. The van der Waals surface area contributed by atoms with Crippen molar-refractivity contribution >= 4 is 28.9 Å². The van der Waals surface area contributed by atoms with Crippen LogP contribution in [0, 0.1) is 0 Å². The molecule has 7 nitrogen and oxygen atoms in total. The van der Waals surface area contributed by atoms with E-state index >= 15 is 0 Å². The number of hydrogen-bond acceptors (Lipinski definition) is 4. The highest BCUT2D eigenvalue weighted by Gasteiger charge is 2.15. The summed E-state index contributed by atoms with van der Waals surface area (Å²) in [7, 11) is 1.39. The Hall–Kier alpha value is -3.22. The number of benzene rings is 1. The molecule has 2 heterocycles. The Morgan fingerprint density at radius 1 is 1.23 bits per heavy atom. The summed E-state index contributed by atoms with van der Waals surface area (Å²) in [5, 5.41) is 8.96. The molecule has 0 fully saturated rings. The molecule has 0 saturated carbocycles. The minimum atomic E-state index is -1.12. The van der Waals surface area contributed by atoms with Gasteiger partial charge in [0.2, 0.25) is 5.95 Å². The maximum atomic E-state index is 12.4. The number of amides is 1. The van der Waals surface area contributed by atoms with E-state index in [0.29, 0.717) is 22.2 Å². The molecule has 1 aromatic carbocycles. The standard InChI is InChI=1S/C15H12N4O3/c1-19(15(21)22)14-17-11-5-4-9(7-12(11)18-14)13(20)10-3-2-6-16-8-10/h2-8H,1H3,(H,17,18)(H,21,22). The van der Waals surface area contributed by atoms with Crippen LogP contribution in [0.1, 0.15) is 15.9 Å². The SMILES string of the molecule is CN(C(=O)O)c1nc2cc(C(=O)c3cccnc3)ccc2[nH]1. The number of carboxylic acid groups (broad SMARTS) is 1. The molecule has 0 radical (unpaired) electrons. The first-order chi connectivity index (χ1) is 10.6. The van der Waals surface area contributed by atoms with Gasteiger partial charge in [-0.15, -0.1) is 0 Å². The first-order valence-electron chi connectivity index (χ1n) is 6.47. The summed E-state index contributed by atoms with van der Waals surface area (Å²) < 4.78 is 0. The van der Waals surface area contributed by atoms with Crippen LogP contribution in [0.25, 0.3) is 11.0 Å². The number of hydrogen-bond donors (Lipinski definition) is 2. The van der Waals surface area contributed by atoms with Gasteiger partial charge >= 0.3 is 6.09 Å². The number of anilines is 1. The quantitative estimate of drug-likeness (QED) is 0.722. The van der Waals surface area contributed by atoms with Crippen LogP contribution in [0.4, 0.5) is 10.7 Å². The lowest BCUT2D eigenvalue weighted by Gasteiger charge is -2.07. The van der Waals surface area contributed by atoms with Gasteiger partial charge in [-0.2, -0.15) is 0 Å². The van der Waals surface area contributed by atoms with Crippen LogP contribution in [0.5, 0.6) is 0 Å². The van der Waals surface area contributed by atoms with Crippen molar-refractivity contribution < 1.29 is 14.7 Å². The van der Waals surface area contributed by atoms with Gasteiger partial charge in [0.25, 0.3) is 0 Å². The molecule has 1 amide bonds. The Bertz CT molecular complexity index is 858. The maximum absolute atomic E-state index is 12.4. The summed E-state index contributed by atoms with van der Waals surface area (Å²) in [4.78, 5) is 35.3. The zero-order valence-electron chi connectivity index (χ0n) is 11.6. The van der Waals surface area contributed by atoms with Crippen LogP contribution in [-0.2, 0) is 0 Å². The molecule has 0 spiro atoms. The van der Waals surface area contributed by atoms with Crippen LogP contribution in [0.2, 0.25) is 0 Å². The molecule has 2 aromatic heterocycles. The van der Waals surface area contributed by atoms with Crippen LogP contribution < -0.4 is 4.90 Å². The zero-order valence-corrected chi connectivity index (χ0v) is 11.6. The summed E-state index contributed by atoms with van der Waals surface area (Å²) in [6, 6.07) is 8.37. The summed E-state index contributed by atoms with van der Waals surface area (Å²) in [6.07, 6.45) is 1.98. The highest BCUT2D eigenvalue weighted by atomic mass is 16.4. The second-order valence-corrected chi connectivity index (χ2v) is 4.70. The van der Waals surface area contributed by atoms with Crippen molar-refractivity contribution in [3.05, 3.63) is 53.9 Å². The van der Waals surface area contributed by atoms with Gasteiger partial charge in [-0.1, -0.05) is 0 Å². The van der Waals surface area contributed by atoms with Crippen LogP contribution in [0.3, 0.4) is 0 Å². The van der Waals surface area contributed by atoms with Gasteiger partial charge in [0.05, 0.1) is 11.0 Å². The number of nitrogens with zero attached hydrogens (tertiary/aromatic N) is 3. The van der Waals surface area contributed by atoms with Crippen molar-refractivity contribution in [1.29, 1.82) is 0 Å². The zero-order chi connectivity index (χ0) is 15.7. The van der Waals surface area contributed by atoms with Gasteiger partial charge < -0.3 is 10.1 Å². The molecule has 22 heavy (non-hydrogen) atoms. The minimum absolute atomic E-state index is 0.161. The van der Waals surface area contributed by atoms with Crippen molar-refractivity contribution in [2.45, 2.75) is 0 Å². The summed E-state index contributed by atoms with van der Waals surface area (Å²) in [5.41, 5.74) is 2.14. The highest BCUT2D eigenvalue weighted by Crippen LogP contribution is 2.19. The fourth-order valence-corrected chi connectivity index (χ4v) is 2.05. The lowest BCUT2D eigenvalue weighted by Crippen LogP contribution is -2.24. The molecule has 3 rings (SSSR count). The summed E-state index contributed by atoms with van der Waals surface area (Å²) in [5.74, 6) is 0.0413. The first-order valence-corrected chi connectivity index (χ1v) is 6.47. The van der Waals surface area contributed by atoms with E-state index in [0.717, 1.165) is 4.90 Å². The molecule has 0 aliphatic heterocycles. The number of aromatic amines is 1. The molecular weight excluding hydrogens is 284 g/mol. The number of imidazole rings is 1. The highest BCUT2D eigenvalue weighted by molar-refractivity contribution is 6.10. The number of carbonyl (C=O) groups is 2. The van der Waals surface area contributed by atoms with E-state index in [-0.39, 0.29) is 11.7 Å². The van der Waals surface area contributed by atoms with Crippen LogP contribution in [0.15, 0.2) is 42.7 Å². The Morgan fingerprint density at radius 3 is 2.73 bits per heavy atom. The van der Waals surface area contributed by atoms with E-state index in [4.69, 9.17) is 5.11 Å². The average molecular weight is 296 g/mol. The molecule has 7 heteroatoms. The van der Waals surface area contributed by atoms with Gasteiger partial charge in [-0.25, -0.2) is 9.78 Å². The Morgan fingerprint density at radius 2 is 2.05 bits per heavy atom. The average Bonchev–Trinajstić information content (AvgIpc) is 2.97.